The van der Waals surface area contributed by atoms with Crippen LogP contribution in [0.5, 0.6) is 11.5 Å². The van der Waals surface area contributed by atoms with Gasteiger partial charge in [0, 0.05) is 5.69 Å². The largest absolute Gasteiger partial charge is 0.493 e. The summed E-state index contributed by atoms with van der Waals surface area (Å²) in [4.78, 5) is 24.2. The quantitative estimate of drug-likeness (QED) is 0.688. The zero-order valence-corrected chi connectivity index (χ0v) is 16.5. The van der Waals surface area contributed by atoms with Crippen LogP contribution in [0.25, 0.3) is 6.08 Å². The van der Waals surface area contributed by atoms with Crippen LogP contribution in [0.4, 0.5) is 5.69 Å². The van der Waals surface area contributed by atoms with Crippen LogP contribution < -0.4 is 14.8 Å². The molecule has 0 aliphatic heterocycles. The van der Waals surface area contributed by atoms with E-state index in [0.29, 0.717) is 22.7 Å². The molecule has 7 heteroatoms. The van der Waals surface area contributed by atoms with Crippen LogP contribution in [0.15, 0.2) is 48.5 Å². The molecule has 0 fully saturated rings. The molecule has 2 aromatic carbocycles. The highest BCUT2D eigenvalue weighted by molar-refractivity contribution is 5.95. The summed E-state index contributed by atoms with van der Waals surface area (Å²) in [5.41, 5.74) is 1.79. The van der Waals surface area contributed by atoms with Crippen LogP contribution >= 0.6 is 0 Å². The third kappa shape index (κ3) is 6.40. The van der Waals surface area contributed by atoms with Gasteiger partial charge in [0.15, 0.2) is 24.2 Å². The van der Waals surface area contributed by atoms with Gasteiger partial charge in [-0.15, -0.1) is 0 Å². The number of ether oxygens (including phenoxy) is 3. The van der Waals surface area contributed by atoms with E-state index in [9.17, 15) is 9.59 Å². The lowest BCUT2D eigenvalue weighted by Crippen LogP contribution is -2.31. The second-order valence-electron chi connectivity index (χ2n) is 6.01. The molecule has 7 nitrogen and oxygen atoms in total. The van der Waals surface area contributed by atoms with Gasteiger partial charge < -0.3 is 19.5 Å². The maximum atomic E-state index is 12.2. The van der Waals surface area contributed by atoms with E-state index in [2.05, 4.69) is 5.32 Å². The molecule has 0 radical (unpaired) electrons. The van der Waals surface area contributed by atoms with E-state index in [0.717, 1.165) is 5.56 Å². The summed E-state index contributed by atoms with van der Waals surface area (Å²) in [6.45, 7) is 2.99. The molecular formula is C22H22N2O5. The highest BCUT2D eigenvalue weighted by atomic mass is 16.6. The number of allylic oxidation sites excluding steroid dienone is 1. The van der Waals surface area contributed by atoms with Gasteiger partial charge in [-0.2, -0.15) is 5.26 Å². The predicted molar refractivity (Wildman–Crippen MR) is 109 cm³/mol. The first-order valence-corrected chi connectivity index (χ1v) is 8.91. The van der Waals surface area contributed by atoms with Crippen molar-refractivity contribution < 1.29 is 23.8 Å². The molecule has 0 bridgehead atoms. The van der Waals surface area contributed by atoms with Crippen molar-refractivity contribution in [2.45, 2.75) is 20.0 Å². The fourth-order valence-corrected chi connectivity index (χ4v) is 2.43. The number of rotatable bonds is 8. The average molecular weight is 394 g/mol. The normalized spacial score (nSPS) is 11.4. The number of hydrogen-bond donors (Lipinski definition) is 1. The number of methoxy groups -OCH3 is 1. The molecule has 0 saturated heterocycles. The summed E-state index contributed by atoms with van der Waals surface area (Å²) in [6.07, 6.45) is 2.78. The minimum Gasteiger partial charge on any atom is -0.493 e. The van der Waals surface area contributed by atoms with Gasteiger partial charge in [-0.25, -0.2) is 4.79 Å². The molecule has 1 amide bonds. The van der Waals surface area contributed by atoms with Crippen LogP contribution in [0.3, 0.4) is 0 Å². The Morgan fingerprint density at radius 1 is 1.21 bits per heavy atom. The van der Waals surface area contributed by atoms with E-state index in [1.807, 2.05) is 31.2 Å². The Bertz CT molecular complexity index is 946. The summed E-state index contributed by atoms with van der Waals surface area (Å²) in [5, 5.41) is 11.5. The smallest absolute Gasteiger partial charge is 0.344 e. The lowest BCUT2D eigenvalue weighted by atomic mass is 10.2. The van der Waals surface area contributed by atoms with Crippen LogP contribution in [0.1, 0.15) is 25.0 Å². The van der Waals surface area contributed by atoms with Crippen molar-refractivity contribution in [3.63, 3.8) is 0 Å². The van der Waals surface area contributed by atoms with Crippen LogP contribution in [0, 0.1) is 11.3 Å². The molecule has 0 spiro atoms. The Balaban J connectivity index is 1.90. The Morgan fingerprint density at radius 3 is 2.69 bits per heavy atom. The van der Waals surface area contributed by atoms with Crippen molar-refractivity contribution in [3.05, 3.63) is 59.7 Å². The second kappa shape index (κ2) is 10.5. The number of benzene rings is 2. The number of carbonyl (C=O) groups excluding carboxylic acids is 2. The lowest BCUT2D eigenvalue weighted by Gasteiger charge is -2.15. The van der Waals surface area contributed by atoms with Crippen molar-refractivity contribution in [1.82, 2.24) is 0 Å². The van der Waals surface area contributed by atoms with E-state index < -0.39 is 18.0 Å². The number of anilines is 1. The lowest BCUT2D eigenvalue weighted by molar-refractivity contribution is -0.155. The zero-order chi connectivity index (χ0) is 21.2. The summed E-state index contributed by atoms with van der Waals surface area (Å²) >= 11 is 0. The summed E-state index contributed by atoms with van der Waals surface area (Å²) in [5.74, 6) is -0.334. The van der Waals surface area contributed by atoms with Gasteiger partial charge >= 0.3 is 5.97 Å². The fraction of sp³-hybridized carbons (Fsp3) is 0.227. The van der Waals surface area contributed by atoms with E-state index in [1.54, 1.807) is 30.3 Å². The molecule has 150 valence electrons. The monoisotopic (exact) mass is 394 g/mol. The topological polar surface area (TPSA) is 97.6 Å². The molecular weight excluding hydrogens is 372 g/mol. The van der Waals surface area contributed by atoms with E-state index in [4.69, 9.17) is 19.5 Å². The van der Waals surface area contributed by atoms with Gasteiger partial charge in [-0.3, -0.25) is 4.79 Å². The van der Waals surface area contributed by atoms with Crippen LogP contribution in [-0.2, 0) is 14.3 Å². The molecule has 2 aromatic rings. The Hall–Kier alpha value is -3.79. The Labute approximate surface area is 169 Å². The number of nitrogens with one attached hydrogen (secondary N) is 1. The van der Waals surface area contributed by atoms with Crippen molar-refractivity contribution in [2.75, 3.05) is 19.0 Å². The molecule has 0 unspecified atom stereocenters. The third-order valence-electron chi connectivity index (χ3n) is 3.83. The zero-order valence-electron chi connectivity index (χ0n) is 16.5. The molecule has 2 rings (SSSR count). The first kappa shape index (κ1) is 21.5. The van der Waals surface area contributed by atoms with Gasteiger partial charge in [0.2, 0.25) is 0 Å². The van der Waals surface area contributed by atoms with Crippen LogP contribution in [0.2, 0.25) is 0 Å². The molecule has 0 aromatic heterocycles. The molecule has 1 N–H and O–H groups in total. The Kier molecular flexibility index (Phi) is 7.80. The van der Waals surface area contributed by atoms with Gasteiger partial charge in [0.25, 0.3) is 5.91 Å². The average Bonchev–Trinajstić information content (AvgIpc) is 2.72. The summed E-state index contributed by atoms with van der Waals surface area (Å²) in [7, 11) is 1.51. The van der Waals surface area contributed by atoms with Gasteiger partial charge in [0.1, 0.15) is 0 Å². The first-order chi connectivity index (χ1) is 14.0. The molecule has 0 aliphatic carbocycles. The molecule has 0 saturated carbocycles. The van der Waals surface area contributed by atoms with Crippen molar-refractivity contribution >= 4 is 23.6 Å². The SMILES string of the molecule is C/C=C/c1ccc(OCC(=O)O[C@@H](C)C(=O)Nc2cccc(C#N)c2)c(OC)c1. The van der Waals surface area contributed by atoms with Crippen molar-refractivity contribution in [3.8, 4) is 17.6 Å². The second-order valence-corrected chi connectivity index (χ2v) is 6.01. The van der Waals surface area contributed by atoms with Crippen LogP contribution in [-0.4, -0.2) is 31.7 Å². The van der Waals surface area contributed by atoms with E-state index >= 15 is 0 Å². The maximum absolute atomic E-state index is 12.2. The number of esters is 1. The number of hydrogen-bond acceptors (Lipinski definition) is 6. The van der Waals surface area contributed by atoms with E-state index in [-0.39, 0.29) is 6.61 Å². The first-order valence-electron chi connectivity index (χ1n) is 8.91. The molecule has 1 atom stereocenters. The molecule has 0 heterocycles. The number of amides is 1. The highest BCUT2D eigenvalue weighted by Gasteiger charge is 2.19. The predicted octanol–water partition coefficient (Wildman–Crippen LogP) is 3.55. The van der Waals surface area contributed by atoms with Gasteiger partial charge in [-0.05, 0) is 49.7 Å². The number of nitriles is 1. The highest BCUT2D eigenvalue weighted by Crippen LogP contribution is 2.28. The molecule has 29 heavy (non-hydrogen) atoms. The maximum Gasteiger partial charge on any atom is 0.344 e. The third-order valence-corrected chi connectivity index (χ3v) is 3.83. The minimum atomic E-state index is -1.03. The van der Waals surface area contributed by atoms with Crippen molar-refractivity contribution in [1.29, 1.82) is 5.26 Å². The van der Waals surface area contributed by atoms with E-state index in [1.165, 1.54) is 20.1 Å². The fourth-order valence-electron chi connectivity index (χ4n) is 2.43. The number of carbonyl (C=O) groups is 2. The standard InChI is InChI=1S/C22H22N2O5/c1-4-6-16-9-10-19(20(12-16)27-3)28-14-21(25)29-15(2)22(26)24-18-8-5-7-17(11-18)13-23/h4-12,15H,14H2,1-3H3,(H,24,26)/b6-4+/t15-/m0/s1. The van der Waals surface area contributed by atoms with Gasteiger partial charge in [-0.1, -0.05) is 24.3 Å². The molecule has 0 aliphatic rings. The number of nitrogens with zero attached hydrogens (tertiary/aromatic N) is 1. The Morgan fingerprint density at radius 2 is 2.00 bits per heavy atom. The summed E-state index contributed by atoms with van der Waals surface area (Å²) in [6, 6.07) is 13.7. The minimum absolute atomic E-state index is 0.374. The summed E-state index contributed by atoms with van der Waals surface area (Å²) < 4.78 is 15.8. The van der Waals surface area contributed by atoms with Crippen molar-refractivity contribution in [2.24, 2.45) is 0 Å². The van der Waals surface area contributed by atoms with Gasteiger partial charge in [0.05, 0.1) is 18.7 Å².